The maximum atomic E-state index is 14.3. The molecule has 0 unspecified atom stereocenters. The van der Waals surface area contributed by atoms with Gasteiger partial charge in [-0.3, -0.25) is 4.79 Å². The normalized spacial score (nSPS) is 15.5. The minimum absolute atomic E-state index is 0.202. The number of fused-ring (bicyclic) bond motifs is 3. The lowest BCUT2D eigenvalue weighted by Crippen LogP contribution is -2.46. The molecule has 0 aliphatic carbocycles. The van der Waals surface area contributed by atoms with E-state index in [2.05, 4.69) is 95.3 Å². The molecular weight excluding hydrogens is 597 g/mol. The van der Waals surface area contributed by atoms with Crippen LogP contribution in [0.4, 0.5) is 18.9 Å². The number of halogens is 3. The average Bonchev–Trinajstić information content (AvgIpc) is 3.71. The van der Waals surface area contributed by atoms with Crippen molar-refractivity contribution in [1.29, 1.82) is 0 Å². The second kappa shape index (κ2) is 11.2. The molecule has 1 fully saturated rings. The number of piperidine rings is 1. The number of hydrogen-bond acceptors (Lipinski definition) is 3. The van der Waals surface area contributed by atoms with Crippen LogP contribution >= 0.6 is 0 Å². The van der Waals surface area contributed by atoms with Gasteiger partial charge in [0.1, 0.15) is 0 Å². The Morgan fingerprint density at radius 2 is 1.45 bits per heavy atom. The number of anilines is 1. The molecule has 2 aliphatic rings. The molecule has 0 bridgehead atoms. The third-order valence-electron chi connectivity index (χ3n) is 9.80. The first kappa shape index (κ1) is 29.1. The number of amides is 1. The third-order valence-corrected chi connectivity index (χ3v) is 9.80. The molecular formula is C39H31F3N4O. The van der Waals surface area contributed by atoms with Gasteiger partial charge in [0, 0.05) is 30.7 Å². The molecule has 0 atom stereocenters. The molecule has 0 radical (unpaired) electrons. The second-order valence-corrected chi connectivity index (χ2v) is 12.4. The highest BCUT2D eigenvalue weighted by molar-refractivity contribution is 5.97. The lowest BCUT2D eigenvalue weighted by molar-refractivity contribution is -0.143. The number of hydrogen-bond donors (Lipinski definition) is 1. The summed E-state index contributed by atoms with van der Waals surface area (Å²) in [5.74, 6) is -0.638. The Balaban J connectivity index is 1.03. The van der Waals surface area contributed by atoms with Crippen LogP contribution < -0.4 is 5.32 Å². The van der Waals surface area contributed by atoms with Gasteiger partial charge in [-0.25, -0.2) is 4.68 Å². The van der Waals surface area contributed by atoms with E-state index in [0.29, 0.717) is 25.9 Å². The molecule has 1 amide bonds. The molecule has 0 saturated carbocycles. The number of carbonyl (C=O) groups is 1. The van der Waals surface area contributed by atoms with Gasteiger partial charge >= 0.3 is 6.18 Å². The largest absolute Gasteiger partial charge is 0.434 e. The molecule has 3 heterocycles. The average molecular weight is 629 g/mol. The topological polar surface area (TPSA) is 50.2 Å². The fourth-order valence-corrected chi connectivity index (χ4v) is 7.29. The molecule has 8 heteroatoms. The Labute approximate surface area is 270 Å². The van der Waals surface area contributed by atoms with Crippen LogP contribution in [0.3, 0.4) is 0 Å². The van der Waals surface area contributed by atoms with E-state index in [1.165, 1.54) is 21.9 Å². The van der Waals surface area contributed by atoms with E-state index in [0.717, 1.165) is 39.8 Å². The first-order valence-electron chi connectivity index (χ1n) is 15.8. The Morgan fingerprint density at radius 3 is 2.21 bits per heavy atom. The first-order chi connectivity index (χ1) is 22.8. The minimum Gasteiger partial charge on any atom is -0.384 e. The molecule has 1 aromatic heterocycles. The number of alkyl halides is 3. The van der Waals surface area contributed by atoms with Crippen molar-refractivity contribution in [2.45, 2.75) is 24.4 Å². The molecule has 1 saturated heterocycles. The fourth-order valence-electron chi connectivity index (χ4n) is 7.29. The van der Waals surface area contributed by atoms with Crippen molar-refractivity contribution in [2.75, 3.05) is 25.0 Å². The molecule has 1 spiro atoms. The fraction of sp³-hybridized carbons (Fsp3) is 0.179. The highest BCUT2D eigenvalue weighted by atomic mass is 19.4. The minimum atomic E-state index is -4.74. The van der Waals surface area contributed by atoms with Crippen molar-refractivity contribution in [3.8, 4) is 27.9 Å². The van der Waals surface area contributed by atoms with Crippen LogP contribution in [0.5, 0.6) is 0 Å². The van der Waals surface area contributed by atoms with Gasteiger partial charge in [-0.1, -0.05) is 91.0 Å². The van der Waals surface area contributed by atoms with Gasteiger partial charge in [0.15, 0.2) is 5.69 Å². The summed E-state index contributed by atoms with van der Waals surface area (Å²) < 4.78 is 43.6. The van der Waals surface area contributed by atoms with E-state index < -0.39 is 23.3 Å². The van der Waals surface area contributed by atoms with Gasteiger partial charge < -0.3 is 10.2 Å². The van der Waals surface area contributed by atoms with Crippen molar-refractivity contribution >= 4 is 22.4 Å². The SMILES string of the molecule is O=C(c1cnn(-c2ccccc2)c1C(F)(F)F)N1CCC2(CC1)CNc1ccc(-c3ccc(-c4cccc5ccccc45)cc3)cc12. The van der Waals surface area contributed by atoms with Gasteiger partial charge in [-0.05, 0) is 75.7 Å². The zero-order valence-electron chi connectivity index (χ0n) is 25.5. The molecule has 47 heavy (non-hydrogen) atoms. The van der Waals surface area contributed by atoms with Gasteiger partial charge in [-0.15, -0.1) is 0 Å². The number of benzene rings is 5. The van der Waals surface area contributed by atoms with Gasteiger partial charge in [0.2, 0.25) is 0 Å². The standard InChI is InChI=1S/C39H31F3N4O/c40-39(41,42)36-33(24-44-46(36)30-9-2-1-3-10-30)37(47)45-21-19-38(20-22-45)25-43-35-18-17-29(23-34(35)38)26-13-15-28(16-14-26)32-12-6-8-27-7-4-5-11-31(27)32/h1-18,23-24,43H,19-22,25H2. The smallest absolute Gasteiger partial charge is 0.384 e. The Bertz CT molecular complexity index is 2110. The second-order valence-electron chi connectivity index (χ2n) is 12.4. The molecule has 6 aromatic rings. The maximum Gasteiger partial charge on any atom is 0.434 e. The number of aromatic nitrogens is 2. The van der Waals surface area contributed by atoms with E-state index >= 15 is 0 Å². The molecule has 8 rings (SSSR count). The van der Waals surface area contributed by atoms with Crippen molar-refractivity contribution in [1.82, 2.24) is 14.7 Å². The quantitative estimate of drug-likeness (QED) is 0.212. The molecule has 234 valence electrons. The third kappa shape index (κ3) is 5.04. The molecule has 1 N–H and O–H groups in total. The summed E-state index contributed by atoms with van der Waals surface area (Å²) in [5.41, 5.74) is 5.44. The monoisotopic (exact) mass is 628 g/mol. The Morgan fingerprint density at radius 1 is 0.766 bits per heavy atom. The lowest BCUT2D eigenvalue weighted by Gasteiger charge is -2.39. The summed E-state index contributed by atoms with van der Waals surface area (Å²) >= 11 is 0. The van der Waals surface area contributed by atoms with Crippen LogP contribution in [0.2, 0.25) is 0 Å². The summed E-state index contributed by atoms with van der Waals surface area (Å²) in [6, 6.07) is 38.0. The number of nitrogens with one attached hydrogen (secondary N) is 1. The molecule has 5 aromatic carbocycles. The van der Waals surface area contributed by atoms with Gasteiger partial charge in [0.25, 0.3) is 5.91 Å². The van der Waals surface area contributed by atoms with E-state index in [4.69, 9.17) is 0 Å². The van der Waals surface area contributed by atoms with Crippen molar-refractivity contribution < 1.29 is 18.0 Å². The van der Waals surface area contributed by atoms with Crippen molar-refractivity contribution in [3.05, 3.63) is 138 Å². The van der Waals surface area contributed by atoms with Crippen molar-refractivity contribution in [3.63, 3.8) is 0 Å². The molecule has 2 aliphatic heterocycles. The maximum absolute atomic E-state index is 14.3. The number of rotatable bonds is 4. The predicted molar refractivity (Wildman–Crippen MR) is 179 cm³/mol. The summed E-state index contributed by atoms with van der Waals surface area (Å²) in [4.78, 5) is 15.1. The zero-order chi connectivity index (χ0) is 32.2. The predicted octanol–water partition coefficient (Wildman–Crippen LogP) is 8.98. The number of likely N-dealkylation sites (tertiary alicyclic amines) is 1. The van der Waals surface area contributed by atoms with E-state index in [9.17, 15) is 18.0 Å². The number of para-hydroxylation sites is 1. The van der Waals surface area contributed by atoms with Crippen LogP contribution in [-0.2, 0) is 11.6 Å². The van der Waals surface area contributed by atoms with Crippen LogP contribution in [0, 0.1) is 0 Å². The highest BCUT2D eigenvalue weighted by Gasteiger charge is 2.45. The number of carbonyl (C=O) groups excluding carboxylic acids is 1. The van der Waals surface area contributed by atoms with E-state index in [1.54, 1.807) is 35.2 Å². The van der Waals surface area contributed by atoms with Crippen LogP contribution in [-0.4, -0.2) is 40.2 Å². The Hall–Kier alpha value is -5.37. The highest BCUT2D eigenvalue weighted by Crippen LogP contribution is 2.46. The van der Waals surface area contributed by atoms with Crippen LogP contribution in [0.1, 0.15) is 34.5 Å². The summed E-state index contributed by atoms with van der Waals surface area (Å²) in [7, 11) is 0. The van der Waals surface area contributed by atoms with Gasteiger partial charge in [0.05, 0.1) is 17.4 Å². The first-order valence-corrected chi connectivity index (χ1v) is 15.8. The van der Waals surface area contributed by atoms with Crippen LogP contribution in [0.15, 0.2) is 121 Å². The van der Waals surface area contributed by atoms with E-state index in [1.807, 2.05) is 0 Å². The summed E-state index contributed by atoms with van der Waals surface area (Å²) in [5, 5.41) is 9.96. The summed E-state index contributed by atoms with van der Waals surface area (Å²) in [6.07, 6.45) is -2.40. The zero-order valence-corrected chi connectivity index (χ0v) is 25.5. The lowest BCUT2D eigenvalue weighted by atomic mass is 9.73. The van der Waals surface area contributed by atoms with E-state index in [-0.39, 0.29) is 11.1 Å². The summed E-state index contributed by atoms with van der Waals surface area (Å²) in [6.45, 7) is 1.45. The van der Waals surface area contributed by atoms with Gasteiger partial charge in [-0.2, -0.15) is 18.3 Å². The Kier molecular flexibility index (Phi) is 6.90. The van der Waals surface area contributed by atoms with Crippen molar-refractivity contribution in [2.24, 2.45) is 0 Å². The van der Waals surface area contributed by atoms with Crippen LogP contribution in [0.25, 0.3) is 38.7 Å². The molecule has 5 nitrogen and oxygen atoms in total. The number of nitrogens with zero attached hydrogens (tertiary/aromatic N) is 3.